The minimum absolute atomic E-state index is 0.0190. The highest BCUT2D eigenvalue weighted by atomic mass is 16.4. The second-order valence-electron chi connectivity index (χ2n) is 7.22. The molecule has 1 saturated heterocycles. The van der Waals surface area contributed by atoms with Gasteiger partial charge in [-0.1, -0.05) is 53.1 Å². The lowest BCUT2D eigenvalue weighted by Gasteiger charge is -2.16. The first kappa shape index (κ1) is 18.9. The molecule has 7 heteroatoms. The van der Waals surface area contributed by atoms with Crippen LogP contribution in [0.3, 0.4) is 0 Å². The number of nitrogens with zero attached hydrogens (tertiary/aromatic N) is 3. The molecule has 2 heterocycles. The van der Waals surface area contributed by atoms with Gasteiger partial charge in [-0.15, -0.1) is 5.10 Å². The minimum atomic E-state index is -0.189. The Morgan fingerprint density at radius 3 is 2.66 bits per heavy atom. The third-order valence-electron chi connectivity index (χ3n) is 4.99. The number of carbonyl (C=O) groups is 2. The number of hydrogen-bond acceptors (Lipinski definition) is 5. The number of rotatable bonds is 6. The van der Waals surface area contributed by atoms with Crippen LogP contribution in [0.5, 0.6) is 0 Å². The Morgan fingerprint density at radius 2 is 1.90 bits per heavy atom. The second kappa shape index (κ2) is 8.26. The molecule has 1 aromatic heterocycles. The molecule has 1 aliphatic heterocycles. The van der Waals surface area contributed by atoms with Crippen LogP contribution in [-0.2, 0) is 16.0 Å². The summed E-state index contributed by atoms with van der Waals surface area (Å²) in [5.41, 5.74) is 3.09. The average molecular weight is 390 g/mol. The van der Waals surface area contributed by atoms with E-state index in [2.05, 4.69) is 15.5 Å². The van der Waals surface area contributed by atoms with Gasteiger partial charge >= 0.3 is 6.01 Å². The van der Waals surface area contributed by atoms with E-state index in [0.29, 0.717) is 31.7 Å². The van der Waals surface area contributed by atoms with Crippen LogP contribution < -0.4 is 10.2 Å². The van der Waals surface area contributed by atoms with E-state index in [1.54, 1.807) is 4.90 Å². The van der Waals surface area contributed by atoms with E-state index in [1.807, 2.05) is 61.5 Å². The summed E-state index contributed by atoms with van der Waals surface area (Å²) < 4.78 is 5.61. The number of aryl methyl sites for hydroxylation is 2. The molecule has 1 fully saturated rings. The number of nitrogens with one attached hydrogen (secondary N) is 1. The van der Waals surface area contributed by atoms with Crippen LogP contribution in [0, 0.1) is 6.92 Å². The van der Waals surface area contributed by atoms with Gasteiger partial charge in [0.2, 0.25) is 17.7 Å². The summed E-state index contributed by atoms with van der Waals surface area (Å²) in [7, 11) is 0. The Bertz CT molecular complexity index is 998. The first-order chi connectivity index (χ1) is 14.1. The first-order valence-electron chi connectivity index (χ1n) is 9.63. The van der Waals surface area contributed by atoms with E-state index in [4.69, 9.17) is 4.42 Å². The van der Waals surface area contributed by atoms with Crippen LogP contribution in [0.1, 0.15) is 35.8 Å². The van der Waals surface area contributed by atoms with Crippen LogP contribution in [0.15, 0.2) is 59.0 Å². The summed E-state index contributed by atoms with van der Waals surface area (Å²) in [4.78, 5) is 26.3. The van der Waals surface area contributed by atoms with E-state index in [0.717, 1.165) is 16.8 Å². The molecule has 29 heavy (non-hydrogen) atoms. The van der Waals surface area contributed by atoms with Gasteiger partial charge in [0.05, 0.1) is 5.92 Å². The first-order valence-corrected chi connectivity index (χ1v) is 9.63. The molecule has 1 N–H and O–H groups in total. The Kier molecular flexibility index (Phi) is 5.37. The fourth-order valence-electron chi connectivity index (χ4n) is 3.38. The van der Waals surface area contributed by atoms with Gasteiger partial charge in [0.15, 0.2) is 0 Å². The molecule has 0 spiro atoms. The van der Waals surface area contributed by atoms with Gasteiger partial charge in [0, 0.05) is 25.1 Å². The van der Waals surface area contributed by atoms with Crippen LogP contribution in [-0.4, -0.2) is 28.6 Å². The predicted octanol–water partition coefficient (Wildman–Crippen LogP) is 3.47. The number of benzene rings is 2. The Balaban J connectivity index is 1.34. The lowest BCUT2D eigenvalue weighted by Crippen LogP contribution is -2.24. The summed E-state index contributed by atoms with van der Waals surface area (Å²) in [6.07, 6.45) is 1.26. The van der Waals surface area contributed by atoms with Crippen molar-refractivity contribution in [2.75, 3.05) is 16.8 Å². The summed E-state index contributed by atoms with van der Waals surface area (Å²) in [6.45, 7) is 2.48. The zero-order chi connectivity index (χ0) is 20.2. The number of amides is 2. The van der Waals surface area contributed by atoms with Gasteiger partial charge in [-0.25, -0.2) is 0 Å². The molecule has 2 aromatic carbocycles. The molecule has 4 rings (SSSR count). The van der Waals surface area contributed by atoms with E-state index in [1.165, 1.54) is 0 Å². The fraction of sp³-hybridized carbons (Fsp3) is 0.273. The van der Waals surface area contributed by atoms with Crippen molar-refractivity contribution < 1.29 is 14.0 Å². The molecule has 0 bridgehead atoms. The molecule has 148 valence electrons. The highest BCUT2D eigenvalue weighted by Crippen LogP contribution is 2.31. The lowest BCUT2D eigenvalue weighted by molar-refractivity contribution is -0.117. The van der Waals surface area contributed by atoms with Crippen molar-refractivity contribution in [3.8, 4) is 0 Å². The van der Waals surface area contributed by atoms with Crippen LogP contribution in [0.2, 0.25) is 0 Å². The molecule has 1 aliphatic rings. The predicted molar refractivity (Wildman–Crippen MR) is 109 cm³/mol. The monoisotopic (exact) mass is 390 g/mol. The fourth-order valence-corrected chi connectivity index (χ4v) is 3.38. The highest BCUT2D eigenvalue weighted by Gasteiger charge is 2.35. The third kappa shape index (κ3) is 4.51. The number of hydrogen-bond donors (Lipinski definition) is 1. The maximum Gasteiger partial charge on any atom is 0.322 e. The Hall–Kier alpha value is -3.48. The average Bonchev–Trinajstić information content (AvgIpc) is 3.34. The van der Waals surface area contributed by atoms with Crippen molar-refractivity contribution in [1.82, 2.24) is 10.2 Å². The van der Waals surface area contributed by atoms with Gasteiger partial charge in [-0.2, -0.15) is 0 Å². The molecular formula is C22H22N4O3. The van der Waals surface area contributed by atoms with E-state index in [-0.39, 0.29) is 23.7 Å². The van der Waals surface area contributed by atoms with Crippen LogP contribution >= 0.6 is 0 Å². The Morgan fingerprint density at radius 1 is 1.14 bits per heavy atom. The van der Waals surface area contributed by atoms with Crippen molar-refractivity contribution in [1.29, 1.82) is 0 Å². The molecule has 0 radical (unpaired) electrons. The SMILES string of the molecule is Cc1ccc(N2CC(c3nnc(NC(=O)CCc4ccccc4)o3)CC2=O)cc1. The van der Waals surface area contributed by atoms with E-state index >= 15 is 0 Å². The quantitative estimate of drug-likeness (QED) is 0.696. The summed E-state index contributed by atoms with van der Waals surface area (Å²) in [6, 6.07) is 17.7. The van der Waals surface area contributed by atoms with Gasteiger partial charge < -0.3 is 9.32 Å². The number of anilines is 2. The largest absolute Gasteiger partial charge is 0.407 e. The molecule has 1 unspecified atom stereocenters. The third-order valence-corrected chi connectivity index (χ3v) is 4.99. The molecule has 7 nitrogen and oxygen atoms in total. The normalized spacial score (nSPS) is 16.2. The van der Waals surface area contributed by atoms with Gasteiger partial charge in [-0.05, 0) is 31.0 Å². The second-order valence-corrected chi connectivity index (χ2v) is 7.22. The van der Waals surface area contributed by atoms with Crippen LogP contribution in [0.25, 0.3) is 0 Å². The molecule has 2 amide bonds. The highest BCUT2D eigenvalue weighted by molar-refractivity contribution is 5.96. The summed E-state index contributed by atoms with van der Waals surface area (Å²) >= 11 is 0. The zero-order valence-corrected chi connectivity index (χ0v) is 16.2. The van der Waals surface area contributed by atoms with E-state index < -0.39 is 0 Å². The van der Waals surface area contributed by atoms with Gasteiger partial charge in [-0.3, -0.25) is 14.9 Å². The van der Waals surface area contributed by atoms with E-state index in [9.17, 15) is 9.59 Å². The van der Waals surface area contributed by atoms with Gasteiger partial charge in [0.25, 0.3) is 0 Å². The molecule has 0 saturated carbocycles. The van der Waals surface area contributed by atoms with Gasteiger partial charge in [0.1, 0.15) is 0 Å². The smallest absolute Gasteiger partial charge is 0.322 e. The van der Waals surface area contributed by atoms with Crippen molar-refractivity contribution in [2.45, 2.75) is 32.1 Å². The topological polar surface area (TPSA) is 88.3 Å². The maximum absolute atomic E-state index is 12.4. The summed E-state index contributed by atoms with van der Waals surface area (Å²) in [5, 5.41) is 10.6. The molecule has 3 aromatic rings. The standard InChI is InChI=1S/C22H22N4O3/c1-15-7-10-18(11-8-15)26-14-17(13-20(26)28)21-24-25-22(29-21)23-19(27)12-9-16-5-3-2-4-6-16/h2-8,10-11,17H,9,12-14H2,1H3,(H,23,25,27). The maximum atomic E-state index is 12.4. The number of aromatic nitrogens is 2. The number of carbonyl (C=O) groups excluding carboxylic acids is 2. The molecular weight excluding hydrogens is 368 g/mol. The van der Waals surface area contributed by atoms with Crippen molar-refractivity contribution in [3.05, 3.63) is 71.6 Å². The molecule has 1 atom stereocenters. The van der Waals surface area contributed by atoms with Crippen LogP contribution in [0.4, 0.5) is 11.7 Å². The Labute approximate surface area is 168 Å². The van der Waals surface area contributed by atoms with Crippen molar-refractivity contribution in [3.63, 3.8) is 0 Å². The minimum Gasteiger partial charge on any atom is -0.407 e. The zero-order valence-electron chi connectivity index (χ0n) is 16.2. The van der Waals surface area contributed by atoms with Crippen molar-refractivity contribution in [2.24, 2.45) is 0 Å². The molecule has 0 aliphatic carbocycles. The van der Waals surface area contributed by atoms with Crippen molar-refractivity contribution >= 4 is 23.5 Å². The lowest BCUT2D eigenvalue weighted by atomic mass is 10.1. The summed E-state index contributed by atoms with van der Waals surface area (Å²) in [5.74, 6) is 0.0101.